The largest absolute Gasteiger partial charge is 0.455 e. The van der Waals surface area contributed by atoms with Crippen molar-refractivity contribution in [1.82, 2.24) is 4.57 Å². The van der Waals surface area contributed by atoms with Gasteiger partial charge in [-0.25, -0.2) is 0 Å². The number of thiophene rings is 1. The first-order chi connectivity index (χ1) is 31.7. The number of hydrogen-bond donors (Lipinski definition) is 0. The summed E-state index contributed by atoms with van der Waals surface area (Å²) in [5.74, 6) is 0. The molecule has 0 atom stereocenters. The van der Waals surface area contributed by atoms with Gasteiger partial charge in [0.25, 0.3) is 0 Å². The molecule has 0 spiro atoms. The monoisotopic (exact) mass is 834 g/mol. The van der Waals surface area contributed by atoms with Crippen molar-refractivity contribution in [1.29, 1.82) is 0 Å². The fraction of sp³-hybridized carbons (Fsp3) is 0. The Kier molecular flexibility index (Phi) is 8.40. The van der Waals surface area contributed by atoms with Crippen LogP contribution in [0.4, 0.5) is 17.1 Å². The normalized spacial score (nSPS) is 11.8. The van der Waals surface area contributed by atoms with Crippen LogP contribution < -0.4 is 4.90 Å². The van der Waals surface area contributed by atoms with Gasteiger partial charge in [0.05, 0.1) is 11.0 Å². The lowest BCUT2D eigenvalue weighted by Crippen LogP contribution is -2.09. The molecule has 300 valence electrons. The van der Waals surface area contributed by atoms with Crippen LogP contribution in [0.1, 0.15) is 0 Å². The molecule has 0 aliphatic carbocycles. The number of rotatable bonds is 7. The third-order valence-electron chi connectivity index (χ3n) is 12.8. The lowest BCUT2D eigenvalue weighted by atomic mass is 10.0. The second-order valence-electron chi connectivity index (χ2n) is 16.5. The fourth-order valence-electron chi connectivity index (χ4n) is 9.78. The third kappa shape index (κ3) is 5.88. The van der Waals surface area contributed by atoms with E-state index in [4.69, 9.17) is 4.42 Å². The van der Waals surface area contributed by atoms with Gasteiger partial charge < -0.3 is 13.9 Å². The second-order valence-corrected chi connectivity index (χ2v) is 17.5. The van der Waals surface area contributed by atoms with Gasteiger partial charge in [0.2, 0.25) is 0 Å². The SMILES string of the molecule is c1ccc(-n2c3ccccc3c3ccc(-c4ccc(N(c5ccc(-c6cccc7c6oc6ccccc67)cc5)c5ccc(-c6cccc7c6sc6ccccc67)cc5)cc4)cc32)cc1. The fourth-order valence-corrected chi connectivity index (χ4v) is 11.0. The lowest BCUT2D eigenvalue weighted by Gasteiger charge is -2.26. The van der Waals surface area contributed by atoms with E-state index in [1.807, 2.05) is 23.5 Å². The molecule has 0 saturated carbocycles. The number of furan rings is 1. The van der Waals surface area contributed by atoms with Crippen LogP contribution in [-0.2, 0) is 0 Å². The van der Waals surface area contributed by atoms with Crippen molar-refractivity contribution in [3.05, 3.63) is 231 Å². The molecule has 0 aliphatic heterocycles. The summed E-state index contributed by atoms with van der Waals surface area (Å²) in [7, 11) is 0. The Bertz CT molecular complexity index is 3720. The van der Waals surface area contributed by atoms with Gasteiger partial charge in [0, 0.05) is 70.0 Å². The maximum absolute atomic E-state index is 6.45. The van der Waals surface area contributed by atoms with Gasteiger partial charge in [-0.15, -0.1) is 11.3 Å². The van der Waals surface area contributed by atoms with Gasteiger partial charge >= 0.3 is 0 Å². The molecule has 3 aromatic heterocycles. The lowest BCUT2D eigenvalue weighted by molar-refractivity contribution is 0.670. The van der Waals surface area contributed by atoms with Gasteiger partial charge in [0.15, 0.2) is 0 Å². The maximum atomic E-state index is 6.45. The van der Waals surface area contributed by atoms with Gasteiger partial charge in [-0.2, -0.15) is 0 Å². The zero-order valence-corrected chi connectivity index (χ0v) is 35.5. The first-order valence-electron chi connectivity index (χ1n) is 21.7. The molecule has 13 rings (SSSR count). The first-order valence-corrected chi connectivity index (χ1v) is 22.6. The van der Waals surface area contributed by atoms with Crippen LogP contribution in [0.3, 0.4) is 0 Å². The molecule has 10 aromatic carbocycles. The molecule has 0 amide bonds. The highest BCUT2D eigenvalue weighted by Crippen LogP contribution is 2.43. The molecular formula is C60H38N2OS. The van der Waals surface area contributed by atoms with E-state index in [0.29, 0.717) is 0 Å². The van der Waals surface area contributed by atoms with E-state index in [0.717, 1.165) is 61.4 Å². The molecule has 0 aliphatic rings. The van der Waals surface area contributed by atoms with Gasteiger partial charge in [-0.1, -0.05) is 158 Å². The number of hydrogen-bond acceptors (Lipinski definition) is 3. The number of nitrogens with zero attached hydrogens (tertiary/aromatic N) is 2. The van der Waals surface area contributed by atoms with Crippen LogP contribution >= 0.6 is 11.3 Å². The minimum Gasteiger partial charge on any atom is -0.455 e. The summed E-state index contributed by atoms with van der Waals surface area (Å²) in [6.45, 7) is 0. The summed E-state index contributed by atoms with van der Waals surface area (Å²) in [4.78, 5) is 2.36. The van der Waals surface area contributed by atoms with Crippen molar-refractivity contribution in [2.45, 2.75) is 0 Å². The van der Waals surface area contributed by atoms with Crippen molar-refractivity contribution in [2.24, 2.45) is 0 Å². The number of para-hydroxylation sites is 4. The molecule has 4 heteroatoms. The molecule has 0 fully saturated rings. The van der Waals surface area contributed by atoms with E-state index in [-0.39, 0.29) is 0 Å². The van der Waals surface area contributed by atoms with Crippen LogP contribution in [-0.4, -0.2) is 4.57 Å². The summed E-state index contributed by atoms with van der Waals surface area (Å²) in [6, 6.07) is 83.3. The average Bonchev–Trinajstić information content (AvgIpc) is 4.05. The third-order valence-corrected chi connectivity index (χ3v) is 14.0. The number of fused-ring (bicyclic) bond motifs is 9. The van der Waals surface area contributed by atoms with E-state index < -0.39 is 0 Å². The first kappa shape index (κ1) is 36.5. The van der Waals surface area contributed by atoms with Crippen LogP contribution in [0.25, 0.3) is 103 Å². The van der Waals surface area contributed by atoms with Crippen LogP contribution in [0.5, 0.6) is 0 Å². The zero-order chi connectivity index (χ0) is 42.1. The molecule has 0 radical (unpaired) electrons. The molecule has 3 heterocycles. The highest BCUT2D eigenvalue weighted by Gasteiger charge is 2.18. The summed E-state index contributed by atoms with van der Waals surface area (Å²) >= 11 is 1.87. The van der Waals surface area contributed by atoms with Crippen molar-refractivity contribution in [3.63, 3.8) is 0 Å². The smallest absolute Gasteiger partial charge is 0.143 e. The zero-order valence-electron chi connectivity index (χ0n) is 34.7. The summed E-state index contributed by atoms with van der Waals surface area (Å²) in [6.07, 6.45) is 0. The molecule has 0 N–H and O–H groups in total. The molecule has 3 nitrogen and oxygen atoms in total. The minimum absolute atomic E-state index is 0.904. The molecule has 0 unspecified atom stereocenters. The molecular weight excluding hydrogens is 797 g/mol. The van der Waals surface area contributed by atoms with Crippen molar-refractivity contribution < 1.29 is 4.42 Å². The molecule has 13 aromatic rings. The molecule has 64 heavy (non-hydrogen) atoms. The van der Waals surface area contributed by atoms with Crippen LogP contribution in [0.2, 0.25) is 0 Å². The van der Waals surface area contributed by atoms with E-state index >= 15 is 0 Å². The Hall–Kier alpha value is -8.18. The predicted octanol–water partition coefficient (Wildman–Crippen LogP) is 17.5. The summed E-state index contributed by atoms with van der Waals surface area (Å²) in [5, 5.41) is 7.39. The Balaban J connectivity index is 0.907. The van der Waals surface area contributed by atoms with Crippen molar-refractivity contribution in [3.8, 4) is 39.1 Å². The minimum atomic E-state index is 0.904. The van der Waals surface area contributed by atoms with Crippen molar-refractivity contribution in [2.75, 3.05) is 4.90 Å². The topological polar surface area (TPSA) is 21.3 Å². The quantitative estimate of drug-likeness (QED) is 0.159. The number of benzene rings is 10. The van der Waals surface area contributed by atoms with Gasteiger partial charge in [0.1, 0.15) is 11.2 Å². The Morgan fingerprint density at radius 1 is 0.359 bits per heavy atom. The van der Waals surface area contributed by atoms with E-state index in [9.17, 15) is 0 Å². The maximum Gasteiger partial charge on any atom is 0.143 e. The molecule has 0 saturated heterocycles. The van der Waals surface area contributed by atoms with Crippen LogP contribution in [0, 0.1) is 0 Å². The van der Waals surface area contributed by atoms with E-state index in [2.05, 4.69) is 228 Å². The van der Waals surface area contributed by atoms with Gasteiger partial charge in [-0.05, 0) is 101 Å². The van der Waals surface area contributed by atoms with Crippen LogP contribution in [0.15, 0.2) is 235 Å². The highest BCUT2D eigenvalue weighted by molar-refractivity contribution is 7.26. The summed E-state index contributed by atoms with van der Waals surface area (Å²) in [5.41, 5.74) is 15.6. The number of aromatic nitrogens is 1. The average molecular weight is 835 g/mol. The molecule has 0 bridgehead atoms. The highest BCUT2D eigenvalue weighted by atomic mass is 32.1. The van der Waals surface area contributed by atoms with E-state index in [1.165, 1.54) is 58.7 Å². The summed E-state index contributed by atoms with van der Waals surface area (Å²) < 4.78 is 11.5. The Morgan fingerprint density at radius 2 is 0.906 bits per heavy atom. The Labute approximate surface area is 373 Å². The van der Waals surface area contributed by atoms with Gasteiger partial charge in [-0.3, -0.25) is 0 Å². The predicted molar refractivity (Wildman–Crippen MR) is 272 cm³/mol. The standard InChI is InChI=1S/C60H38N2OS/c1-2-12-43(13-3-1)62-55-21-7-4-14-49(55)50-37-30-42(38-56(50)62)39-24-31-44(32-25-39)61(45-33-26-40(27-34-45)47-17-10-19-53-51-15-5-8-22-57(51)63-59(47)53)46-35-28-41(29-36-46)48-18-11-20-54-52-16-6-9-23-58(52)64-60(48)54/h1-38H. The van der Waals surface area contributed by atoms with E-state index in [1.54, 1.807) is 0 Å². The second kappa shape index (κ2) is 14.7. The Morgan fingerprint density at radius 3 is 1.66 bits per heavy atom. The van der Waals surface area contributed by atoms with Crippen molar-refractivity contribution >= 4 is 92.3 Å². The number of anilines is 3.